The van der Waals surface area contributed by atoms with Crippen molar-refractivity contribution in [3.05, 3.63) is 47.8 Å². The van der Waals surface area contributed by atoms with Gasteiger partial charge in [-0.15, -0.1) is 0 Å². The first-order valence-corrected chi connectivity index (χ1v) is 5.47. The van der Waals surface area contributed by atoms with E-state index in [1.807, 2.05) is 6.07 Å². The number of rotatable bonds is 1. The van der Waals surface area contributed by atoms with Crippen LogP contribution in [0.1, 0.15) is 5.56 Å². The minimum atomic E-state index is -0.750. The number of oxazole rings is 1. The van der Waals surface area contributed by atoms with Gasteiger partial charge in [-0.05, 0) is 30.3 Å². The molecule has 0 unspecified atom stereocenters. The summed E-state index contributed by atoms with van der Waals surface area (Å²) in [5.74, 6) is -0.977. The summed E-state index contributed by atoms with van der Waals surface area (Å²) in [5, 5.41) is 18.1. The molecule has 3 rings (SSSR count). The minimum Gasteiger partial charge on any atom is -0.505 e. The van der Waals surface area contributed by atoms with E-state index in [0.717, 1.165) is 6.07 Å². The topological polar surface area (TPSA) is 70.0 Å². The Labute approximate surface area is 107 Å². The van der Waals surface area contributed by atoms with Crippen molar-refractivity contribution in [2.24, 2.45) is 0 Å². The summed E-state index contributed by atoms with van der Waals surface area (Å²) in [7, 11) is 0. The molecule has 0 radical (unpaired) electrons. The van der Waals surface area contributed by atoms with Crippen LogP contribution in [-0.2, 0) is 0 Å². The van der Waals surface area contributed by atoms with E-state index in [4.69, 9.17) is 14.8 Å². The van der Waals surface area contributed by atoms with Gasteiger partial charge in [0.1, 0.15) is 11.6 Å². The van der Waals surface area contributed by atoms with Gasteiger partial charge in [0.2, 0.25) is 5.89 Å². The van der Waals surface area contributed by atoms with Crippen molar-refractivity contribution in [3.8, 4) is 23.3 Å². The van der Waals surface area contributed by atoms with Gasteiger partial charge in [-0.3, -0.25) is 0 Å². The third-order valence-corrected chi connectivity index (χ3v) is 2.73. The van der Waals surface area contributed by atoms with Crippen molar-refractivity contribution in [3.63, 3.8) is 0 Å². The molecule has 0 saturated carbocycles. The van der Waals surface area contributed by atoms with Crippen molar-refractivity contribution < 1.29 is 13.9 Å². The summed E-state index contributed by atoms with van der Waals surface area (Å²) in [6.45, 7) is 0. The summed E-state index contributed by atoms with van der Waals surface area (Å²) < 4.78 is 18.8. The molecule has 2 aromatic carbocycles. The van der Waals surface area contributed by atoms with E-state index in [1.54, 1.807) is 18.2 Å². The molecule has 0 spiro atoms. The second-order valence-corrected chi connectivity index (χ2v) is 3.95. The van der Waals surface area contributed by atoms with E-state index >= 15 is 0 Å². The molecule has 19 heavy (non-hydrogen) atoms. The zero-order valence-electron chi connectivity index (χ0n) is 9.59. The van der Waals surface area contributed by atoms with Gasteiger partial charge < -0.3 is 9.52 Å². The van der Waals surface area contributed by atoms with Gasteiger partial charge in [0.25, 0.3) is 0 Å². The highest BCUT2D eigenvalue weighted by atomic mass is 19.1. The molecule has 0 fully saturated rings. The predicted octanol–water partition coefficient (Wildman–Crippen LogP) is 3.21. The number of phenols is 1. The maximum absolute atomic E-state index is 13.3. The highest BCUT2D eigenvalue weighted by Crippen LogP contribution is 2.28. The quantitative estimate of drug-likeness (QED) is 0.723. The number of aromatic nitrogens is 1. The monoisotopic (exact) mass is 254 g/mol. The normalized spacial score (nSPS) is 10.5. The molecule has 0 atom stereocenters. The third-order valence-electron chi connectivity index (χ3n) is 2.73. The minimum absolute atomic E-state index is 0.205. The van der Waals surface area contributed by atoms with E-state index in [-0.39, 0.29) is 5.89 Å². The van der Waals surface area contributed by atoms with Gasteiger partial charge in [-0.1, -0.05) is 6.07 Å². The number of nitriles is 1. The summed E-state index contributed by atoms with van der Waals surface area (Å²) in [5.41, 5.74) is 1.67. The van der Waals surface area contributed by atoms with Crippen LogP contribution in [0, 0.1) is 17.1 Å². The molecule has 4 nitrogen and oxygen atoms in total. The summed E-state index contributed by atoms with van der Waals surface area (Å²) >= 11 is 0. The van der Waals surface area contributed by atoms with Crippen molar-refractivity contribution in [1.82, 2.24) is 4.98 Å². The van der Waals surface area contributed by atoms with Gasteiger partial charge in [-0.25, -0.2) is 9.37 Å². The van der Waals surface area contributed by atoms with Crippen LogP contribution in [0.4, 0.5) is 4.39 Å². The van der Waals surface area contributed by atoms with Crippen LogP contribution in [0.2, 0.25) is 0 Å². The first kappa shape index (κ1) is 11.2. The number of halogens is 1. The van der Waals surface area contributed by atoms with Gasteiger partial charge in [0.15, 0.2) is 17.1 Å². The molecule has 0 saturated heterocycles. The lowest BCUT2D eigenvalue weighted by molar-refractivity contribution is 0.432. The number of para-hydroxylation sites is 1. The highest BCUT2D eigenvalue weighted by molar-refractivity contribution is 5.81. The fourth-order valence-electron chi connectivity index (χ4n) is 1.80. The molecule has 0 aliphatic heterocycles. The Kier molecular flexibility index (Phi) is 2.43. The lowest BCUT2D eigenvalue weighted by Crippen LogP contribution is -1.80. The summed E-state index contributed by atoms with van der Waals surface area (Å²) in [6.07, 6.45) is 0. The number of hydrogen-bond acceptors (Lipinski definition) is 4. The summed E-state index contributed by atoms with van der Waals surface area (Å²) in [6, 6.07) is 10.9. The maximum atomic E-state index is 13.3. The molecule has 1 heterocycles. The van der Waals surface area contributed by atoms with Crippen molar-refractivity contribution in [2.45, 2.75) is 0 Å². The molecule has 0 aliphatic rings. The van der Waals surface area contributed by atoms with Crippen LogP contribution in [-0.4, -0.2) is 10.1 Å². The van der Waals surface area contributed by atoms with Crippen molar-refractivity contribution in [2.75, 3.05) is 0 Å². The van der Waals surface area contributed by atoms with Crippen LogP contribution >= 0.6 is 0 Å². The molecule has 5 heteroatoms. The largest absolute Gasteiger partial charge is 0.505 e. The van der Waals surface area contributed by atoms with Crippen molar-refractivity contribution in [1.29, 1.82) is 5.26 Å². The molecule has 92 valence electrons. The Hall–Kier alpha value is -2.87. The van der Waals surface area contributed by atoms with E-state index < -0.39 is 11.6 Å². The maximum Gasteiger partial charge on any atom is 0.227 e. The Morgan fingerprint density at radius 2 is 2.11 bits per heavy atom. The smallest absolute Gasteiger partial charge is 0.227 e. The van der Waals surface area contributed by atoms with Crippen LogP contribution in [0.15, 0.2) is 40.8 Å². The average Bonchev–Trinajstić information content (AvgIpc) is 2.85. The standard InChI is InChI=1S/C14H7FN2O2/c15-10-6-8(4-5-12(10)18)14-17-11-3-1-2-9(7-16)13(11)19-14/h1-6,18H. The lowest BCUT2D eigenvalue weighted by atomic mass is 10.2. The third kappa shape index (κ3) is 1.79. The van der Waals surface area contributed by atoms with E-state index in [1.165, 1.54) is 12.1 Å². The Bertz CT molecular complexity index is 818. The zero-order valence-corrected chi connectivity index (χ0v) is 9.59. The first-order valence-electron chi connectivity index (χ1n) is 5.47. The lowest BCUT2D eigenvalue weighted by Gasteiger charge is -1.97. The highest BCUT2D eigenvalue weighted by Gasteiger charge is 2.12. The van der Waals surface area contributed by atoms with Crippen molar-refractivity contribution >= 4 is 11.1 Å². The van der Waals surface area contributed by atoms with Crippen LogP contribution in [0.5, 0.6) is 5.75 Å². The molecule has 1 N–H and O–H groups in total. The Morgan fingerprint density at radius 1 is 1.26 bits per heavy atom. The van der Waals surface area contributed by atoms with E-state index in [2.05, 4.69) is 4.98 Å². The van der Waals surface area contributed by atoms with Gasteiger partial charge >= 0.3 is 0 Å². The summed E-state index contributed by atoms with van der Waals surface area (Å²) in [4.78, 5) is 4.20. The molecular weight excluding hydrogens is 247 g/mol. The molecule has 0 amide bonds. The second kappa shape index (κ2) is 4.10. The molecule has 0 bridgehead atoms. The van der Waals surface area contributed by atoms with Gasteiger partial charge in [0.05, 0.1) is 5.56 Å². The molecular formula is C14H7FN2O2. The van der Waals surface area contributed by atoms with Gasteiger partial charge in [0, 0.05) is 5.56 Å². The molecule has 3 aromatic rings. The van der Waals surface area contributed by atoms with Crippen LogP contribution in [0.25, 0.3) is 22.6 Å². The second-order valence-electron chi connectivity index (χ2n) is 3.95. The van der Waals surface area contributed by atoms with Crippen LogP contribution < -0.4 is 0 Å². The molecule has 0 aliphatic carbocycles. The fraction of sp³-hybridized carbons (Fsp3) is 0. The number of fused-ring (bicyclic) bond motifs is 1. The SMILES string of the molecule is N#Cc1cccc2nc(-c3ccc(O)c(F)c3)oc12. The molecule has 1 aromatic heterocycles. The fourth-order valence-corrected chi connectivity index (χ4v) is 1.80. The predicted molar refractivity (Wildman–Crippen MR) is 65.8 cm³/mol. The Morgan fingerprint density at radius 3 is 2.84 bits per heavy atom. The number of phenolic OH excluding ortho intramolecular Hbond substituents is 1. The van der Waals surface area contributed by atoms with Crippen LogP contribution in [0.3, 0.4) is 0 Å². The van der Waals surface area contributed by atoms with E-state index in [0.29, 0.717) is 22.2 Å². The number of aromatic hydroxyl groups is 1. The number of benzene rings is 2. The average molecular weight is 254 g/mol. The number of nitrogens with zero attached hydrogens (tertiary/aromatic N) is 2. The number of hydrogen-bond donors (Lipinski definition) is 1. The Balaban J connectivity index is 2.21. The van der Waals surface area contributed by atoms with E-state index in [9.17, 15) is 4.39 Å². The zero-order chi connectivity index (χ0) is 13.4. The van der Waals surface area contributed by atoms with Gasteiger partial charge in [-0.2, -0.15) is 5.26 Å². The first-order chi connectivity index (χ1) is 9.19.